The van der Waals surface area contributed by atoms with Gasteiger partial charge in [-0.1, -0.05) is 118 Å². The van der Waals surface area contributed by atoms with E-state index in [0.717, 1.165) is 33.8 Å². The summed E-state index contributed by atoms with van der Waals surface area (Å²) in [6, 6.07) is 38.6. The number of imide groups is 1. The van der Waals surface area contributed by atoms with Crippen molar-refractivity contribution < 1.29 is 18.4 Å². The topological polar surface area (TPSA) is 86.4 Å². The van der Waals surface area contributed by atoms with E-state index in [1.807, 2.05) is 72.9 Å². The van der Waals surface area contributed by atoms with Gasteiger partial charge in [-0.3, -0.25) is 14.9 Å². The second-order valence-electron chi connectivity index (χ2n) is 13.8. The molecular weight excluding hydrogens is 639 g/mol. The monoisotopic (exact) mass is 675 g/mol. The van der Waals surface area contributed by atoms with Crippen LogP contribution in [0.2, 0.25) is 5.04 Å². The normalized spacial score (nSPS) is 14.0. The van der Waals surface area contributed by atoms with E-state index in [1.165, 1.54) is 10.4 Å². The second-order valence-corrected chi connectivity index (χ2v) is 18.1. The third-order valence-corrected chi connectivity index (χ3v) is 14.8. The molecule has 3 aromatic heterocycles. The molecule has 0 spiro atoms. The highest BCUT2D eigenvalue weighted by atomic mass is 28.4. The van der Waals surface area contributed by atoms with Gasteiger partial charge in [0.2, 0.25) is 0 Å². The van der Waals surface area contributed by atoms with Gasteiger partial charge in [0.1, 0.15) is 16.8 Å². The van der Waals surface area contributed by atoms with Crippen LogP contribution in [0.4, 0.5) is 0 Å². The highest BCUT2D eigenvalue weighted by molar-refractivity contribution is 6.99. The van der Waals surface area contributed by atoms with Crippen LogP contribution in [0, 0.1) is 0 Å². The summed E-state index contributed by atoms with van der Waals surface area (Å²) in [5.41, 5.74) is 3.92. The minimum Gasteiger partial charge on any atom is -0.455 e. The minimum absolute atomic E-state index is 0.126. The van der Waals surface area contributed by atoms with E-state index in [-0.39, 0.29) is 5.04 Å². The lowest BCUT2D eigenvalue weighted by atomic mass is 9.95. The van der Waals surface area contributed by atoms with Gasteiger partial charge in [-0.25, -0.2) is 4.98 Å². The van der Waals surface area contributed by atoms with Crippen LogP contribution >= 0.6 is 0 Å². The molecule has 0 saturated heterocycles. The third kappa shape index (κ3) is 5.11. The summed E-state index contributed by atoms with van der Waals surface area (Å²) in [7, 11) is -2.69. The molecule has 0 radical (unpaired) electrons. The lowest BCUT2D eigenvalue weighted by molar-refractivity contribution is -0.122. The van der Waals surface area contributed by atoms with Gasteiger partial charge >= 0.3 is 0 Å². The van der Waals surface area contributed by atoms with Crippen molar-refractivity contribution >= 4 is 74.6 Å². The molecule has 7 nitrogen and oxygen atoms in total. The van der Waals surface area contributed by atoms with Gasteiger partial charge in [0.05, 0.1) is 11.1 Å². The number of aromatic nitrogens is 2. The van der Waals surface area contributed by atoms with Crippen molar-refractivity contribution in [2.75, 3.05) is 6.61 Å². The Morgan fingerprint density at radius 3 is 2.04 bits per heavy atom. The average Bonchev–Trinajstić information content (AvgIpc) is 3.78. The molecule has 7 aromatic rings. The second kappa shape index (κ2) is 12.4. The molecule has 2 amide bonds. The molecule has 1 aliphatic rings. The molecule has 4 heterocycles. The summed E-state index contributed by atoms with van der Waals surface area (Å²) in [5.74, 6) is -0.877. The number of nitrogens with one attached hydrogen (secondary N) is 1. The predicted octanol–water partition coefficient (Wildman–Crippen LogP) is 7.47. The molecule has 8 heteroatoms. The molecule has 50 heavy (non-hydrogen) atoms. The molecule has 0 unspecified atom stereocenters. The molecule has 0 atom stereocenters. The van der Waals surface area contributed by atoms with Crippen LogP contribution in [-0.2, 0) is 20.6 Å². The van der Waals surface area contributed by atoms with Gasteiger partial charge in [0.15, 0.2) is 0 Å². The van der Waals surface area contributed by atoms with Crippen molar-refractivity contribution in [1.82, 2.24) is 14.9 Å². The quantitative estimate of drug-likeness (QED) is 0.0975. The fourth-order valence-corrected chi connectivity index (χ4v) is 12.2. The summed E-state index contributed by atoms with van der Waals surface area (Å²) < 4.78 is 15.5. The first kappa shape index (κ1) is 31.7. The molecule has 0 bridgehead atoms. The van der Waals surface area contributed by atoms with Gasteiger partial charge in [-0.15, -0.1) is 0 Å². The van der Waals surface area contributed by atoms with Gasteiger partial charge in [0.25, 0.3) is 20.1 Å². The van der Waals surface area contributed by atoms with Crippen LogP contribution in [0.3, 0.4) is 0 Å². The number of nitrogens with zero attached hydrogens (tertiary/aromatic N) is 2. The summed E-state index contributed by atoms with van der Waals surface area (Å²) in [6.07, 6.45) is 4.43. The molecule has 0 fully saturated rings. The first-order valence-electron chi connectivity index (χ1n) is 17.0. The number of benzene rings is 4. The first-order valence-corrected chi connectivity index (χ1v) is 18.9. The Morgan fingerprint density at radius 1 is 0.720 bits per heavy atom. The van der Waals surface area contributed by atoms with Crippen molar-refractivity contribution in [3.63, 3.8) is 0 Å². The van der Waals surface area contributed by atoms with E-state index in [0.29, 0.717) is 41.0 Å². The van der Waals surface area contributed by atoms with E-state index >= 15 is 0 Å². The molecule has 248 valence electrons. The smallest absolute Gasteiger partial charge is 0.261 e. The Balaban J connectivity index is 1.16. The van der Waals surface area contributed by atoms with Crippen LogP contribution in [-0.4, -0.2) is 36.3 Å². The molecule has 8 rings (SSSR count). The third-order valence-electron chi connectivity index (χ3n) is 9.79. The molecule has 4 aromatic carbocycles. The Bertz CT molecular complexity index is 2400. The van der Waals surface area contributed by atoms with Gasteiger partial charge in [-0.05, 0) is 40.0 Å². The van der Waals surface area contributed by atoms with Crippen LogP contribution in [0.1, 0.15) is 38.3 Å². The number of hydrogen-bond donors (Lipinski definition) is 1. The Kier molecular flexibility index (Phi) is 7.85. The number of furan rings is 1. The van der Waals surface area contributed by atoms with E-state index in [4.69, 9.17) is 13.8 Å². The average molecular weight is 676 g/mol. The van der Waals surface area contributed by atoms with Crippen molar-refractivity contribution in [2.24, 2.45) is 0 Å². The number of amides is 2. The highest BCUT2D eigenvalue weighted by Crippen LogP contribution is 2.41. The number of rotatable bonds is 9. The molecule has 0 aliphatic carbocycles. The van der Waals surface area contributed by atoms with Crippen LogP contribution < -0.4 is 15.7 Å². The number of aryl methyl sites for hydroxylation is 1. The van der Waals surface area contributed by atoms with E-state index in [1.54, 1.807) is 6.20 Å². The van der Waals surface area contributed by atoms with E-state index in [9.17, 15) is 9.59 Å². The zero-order chi connectivity index (χ0) is 34.5. The van der Waals surface area contributed by atoms with Gasteiger partial charge in [0, 0.05) is 52.8 Å². The van der Waals surface area contributed by atoms with Gasteiger partial charge < -0.3 is 13.4 Å². The highest BCUT2D eigenvalue weighted by Gasteiger charge is 2.50. The largest absolute Gasteiger partial charge is 0.455 e. The standard InChI is InChI=1S/C42H37N3O4Si/c1-42(2,3)50(28-15-6-4-7-16-28,29-17-8-5-9-18-29)48-26-14-25-45-27-34(32-22-13-24-43-39(32)45)37-36(40(46)44-41(37)47)33-21-12-20-31-30-19-10-11-23-35(30)49-38(31)33/h4-13,15-24,27H,14,25-26H2,1-3H3,(H,44,46,47). The fraction of sp³-hybridized carbons (Fsp3) is 0.167. The molecule has 1 N–H and O–H groups in total. The SMILES string of the molecule is CC(C)(C)[Si](OCCCn1cc(C2=C(c3cccc4c3oc3ccccc34)C(=O)NC2=O)c2cccnc21)(c1ccccc1)c1ccccc1. The fourth-order valence-electron chi connectivity index (χ4n) is 7.63. The minimum atomic E-state index is -2.69. The number of pyridine rings is 1. The van der Waals surface area contributed by atoms with Crippen molar-refractivity contribution in [3.05, 3.63) is 139 Å². The predicted molar refractivity (Wildman–Crippen MR) is 202 cm³/mol. The summed E-state index contributed by atoms with van der Waals surface area (Å²) >= 11 is 0. The number of fused-ring (bicyclic) bond motifs is 4. The summed E-state index contributed by atoms with van der Waals surface area (Å²) in [4.78, 5) is 31.9. The van der Waals surface area contributed by atoms with Crippen molar-refractivity contribution in [3.8, 4) is 0 Å². The Morgan fingerprint density at radius 2 is 1.34 bits per heavy atom. The van der Waals surface area contributed by atoms with E-state index in [2.05, 4.69) is 79.2 Å². The van der Waals surface area contributed by atoms with Crippen LogP contribution in [0.25, 0.3) is 44.1 Å². The summed E-state index contributed by atoms with van der Waals surface area (Å²) in [6.45, 7) is 7.99. The number of hydrogen-bond acceptors (Lipinski definition) is 5. The molecule has 0 saturated carbocycles. The van der Waals surface area contributed by atoms with E-state index < -0.39 is 20.1 Å². The molecule has 1 aliphatic heterocycles. The Hall–Kier alpha value is -5.57. The maximum atomic E-state index is 13.6. The first-order chi connectivity index (χ1) is 24.3. The lowest BCUT2D eigenvalue weighted by Gasteiger charge is -2.43. The maximum absolute atomic E-state index is 13.6. The number of carbonyl (C=O) groups is 2. The Labute approximate surface area is 291 Å². The van der Waals surface area contributed by atoms with Crippen molar-refractivity contribution in [2.45, 2.75) is 38.8 Å². The van der Waals surface area contributed by atoms with Gasteiger partial charge in [-0.2, -0.15) is 0 Å². The maximum Gasteiger partial charge on any atom is 0.261 e. The number of para-hydroxylation sites is 2. The van der Waals surface area contributed by atoms with Crippen molar-refractivity contribution in [1.29, 1.82) is 0 Å². The summed E-state index contributed by atoms with van der Waals surface area (Å²) in [5, 5.41) is 7.56. The zero-order valence-corrected chi connectivity index (χ0v) is 29.3. The lowest BCUT2D eigenvalue weighted by Crippen LogP contribution is -2.66. The van der Waals surface area contributed by atoms with Crippen LogP contribution in [0.5, 0.6) is 0 Å². The zero-order valence-electron chi connectivity index (χ0n) is 28.3. The molecular formula is C42H37N3O4Si. The van der Waals surface area contributed by atoms with Crippen LogP contribution in [0.15, 0.2) is 132 Å². The number of carbonyl (C=O) groups excluding carboxylic acids is 2.